The smallest absolute Gasteiger partial charge is 0.251 e. The summed E-state index contributed by atoms with van der Waals surface area (Å²) in [6.07, 6.45) is 6.15. The van der Waals surface area contributed by atoms with Crippen LogP contribution in [0.1, 0.15) is 35.3 Å². The summed E-state index contributed by atoms with van der Waals surface area (Å²) in [4.78, 5) is 17.0. The normalized spacial score (nSPS) is 15.4. The van der Waals surface area contributed by atoms with Crippen molar-refractivity contribution in [1.29, 1.82) is 0 Å². The zero-order valence-corrected chi connectivity index (χ0v) is 18.3. The van der Waals surface area contributed by atoms with Crippen LogP contribution in [0, 0.1) is 0 Å². The minimum absolute atomic E-state index is 0.0407. The molecule has 158 valence electrons. The predicted molar refractivity (Wildman–Crippen MR) is 115 cm³/mol. The van der Waals surface area contributed by atoms with Crippen molar-refractivity contribution < 1.29 is 13.2 Å². The number of nitrogens with zero attached hydrogens (tertiary/aromatic N) is 3. The van der Waals surface area contributed by atoms with E-state index in [-0.39, 0.29) is 22.0 Å². The zero-order chi connectivity index (χ0) is 21.3. The molecule has 1 aliphatic rings. The number of pyridine rings is 1. The van der Waals surface area contributed by atoms with Gasteiger partial charge in [0.1, 0.15) is 10.5 Å². The Kier molecular flexibility index (Phi) is 6.02. The second-order valence-electron chi connectivity index (χ2n) is 7.14. The number of rotatable bonds is 5. The van der Waals surface area contributed by atoms with E-state index in [0.29, 0.717) is 29.5 Å². The summed E-state index contributed by atoms with van der Waals surface area (Å²) in [6, 6.07) is 7.82. The minimum Gasteiger partial charge on any atom is -0.346 e. The number of aromatic nitrogens is 2. The number of fused-ring (bicyclic) bond motifs is 1. The van der Waals surface area contributed by atoms with Gasteiger partial charge in [-0.25, -0.2) is 13.4 Å². The summed E-state index contributed by atoms with van der Waals surface area (Å²) in [5.74, 6) is -0.406. The van der Waals surface area contributed by atoms with Crippen LogP contribution in [-0.2, 0) is 16.6 Å². The van der Waals surface area contributed by atoms with Gasteiger partial charge in [0.15, 0.2) is 0 Å². The number of nitrogens with one attached hydrogen (secondary N) is 1. The molecular formula is C20H20Cl2N4O3S. The number of hydrogen-bond acceptors (Lipinski definition) is 4. The van der Waals surface area contributed by atoms with Crippen molar-refractivity contribution in [3.8, 4) is 0 Å². The first kappa shape index (κ1) is 21.1. The third kappa shape index (κ3) is 4.32. The summed E-state index contributed by atoms with van der Waals surface area (Å²) in [7, 11) is -3.74. The lowest BCUT2D eigenvalue weighted by atomic mass is 10.2. The second kappa shape index (κ2) is 8.55. The number of amides is 1. The first-order chi connectivity index (χ1) is 14.3. The average Bonchev–Trinajstić information content (AvgIpc) is 3.15. The number of hydrogen-bond donors (Lipinski definition) is 1. The zero-order valence-electron chi connectivity index (χ0n) is 16.0. The van der Waals surface area contributed by atoms with Gasteiger partial charge >= 0.3 is 0 Å². The Bertz CT molecular complexity index is 1200. The summed E-state index contributed by atoms with van der Waals surface area (Å²) in [6.45, 7) is 1.12. The van der Waals surface area contributed by atoms with Crippen molar-refractivity contribution in [1.82, 2.24) is 19.0 Å². The van der Waals surface area contributed by atoms with Gasteiger partial charge in [0.2, 0.25) is 10.0 Å². The van der Waals surface area contributed by atoms with E-state index in [0.717, 1.165) is 19.3 Å². The molecule has 0 spiro atoms. The predicted octanol–water partition coefficient (Wildman–Crippen LogP) is 3.75. The molecule has 0 atom stereocenters. The van der Waals surface area contributed by atoms with Gasteiger partial charge < -0.3 is 9.72 Å². The minimum atomic E-state index is -3.74. The van der Waals surface area contributed by atoms with E-state index < -0.39 is 15.9 Å². The van der Waals surface area contributed by atoms with Crippen LogP contribution in [0.4, 0.5) is 0 Å². The Balaban J connectivity index is 1.51. The Morgan fingerprint density at radius 3 is 2.60 bits per heavy atom. The highest BCUT2D eigenvalue weighted by Gasteiger charge is 2.28. The lowest BCUT2D eigenvalue weighted by Crippen LogP contribution is -2.36. The molecule has 1 saturated heterocycles. The fourth-order valence-electron chi connectivity index (χ4n) is 3.46. The third-order valence-electron chi connectivity index (χ3n) is 5.02. The first-order valence-corrected chi connectivity index (χ1v) is 11.8. The van der Waals surface area contributed by atoms with Crippen LogP contribution < -0.4 is 5.32 Å². The summed E-state index contributed by atoms with van der Waals surface area (Å²) >= 11 is 12.1. The standard InChI is InChI=1S/C20H20Cl2N4O3S/c21-15-5-7-19-24-16(13-25(19)12-15)11-23-20(27)14-4-6-17(22)18(10-14)30(28,29)26-8-2-1-3-9-26/h4-7,10,12-13H,1-3,8-9,11H2,(H,23,27). The van der Waals surface area contributed by atoms with Gasteiger partial charge in [0.05, 0.1) is 22.3 Å². The topological polar surface area (TPSA) is 83.8 Å². The molecule has 30 heavy (non-hydrogen) atoms. The van der Waals surface area contributed by atoms with Gasteiger partial charge in [-0.3, -0.25) is 4.79 Å². The molecule has 1 aliphatic heterocycles. The van der Waals surface area contributed by atoms with Gasteiger partial charge in [-0.15, -0.1) is 0 Å². The van der Waals surface area contributed by atoms with E-state index in [2.05, 4.69) is 10.3 Å². The summed E-state index contributed by atoms with van der Waals surface area (Å²) < 4.78 is 29.2. The van der Waals surface area contributed by atoms with E-state index in [1.165, 1.54) is 22.5 Å². The molecule has 1 amide bonds. The highest BCUT2D eigenvalue weighted by molar-refractivity contribution is 7.89. The Morgan fingerprint density at radius 1 is 1.07 bits per heavy atom. The van der Waals surface area contributed by atoms with E-state index in [9.17, 15) is 13.2 Å². The van der Waals surface area contributed by atoms with Crippen LogP contribution in [0.5, 0.6) is 0 Å². The van der Waals surface area contributed by atoms with Gasteiger partial charge in [-0.05, 0) is 43.2 Å². The Labute approximate surface area is 184 Å². The SMILES string of the molecule is O=C(NCc1cn2cc(Cl)ccc2n1)c1ccc(Cl)c(S(=O)(=O)N2CCCCC2)c1. The van der Waals surface area contributed by atoms with Crippen molar-refractivity contribution in [2.45, 2.75) is 30.7 Å². The number of piperidine rings is 1. The Hall–Kier alpha value is -2.13. The van der Waals surface area contributed by atoms with Gasteiger partial charge in [0.25, 0.3) is 5.91 Å². The van der Waals surface area contributed by atoms with Crippen LogP contribution in [0.2, 0.25) is 10.0 Å². The number of carbonyl (C=O) groups excluding carboxylic acids is 1. The van der Waals surface area contributed by atoms with Gasteiger partial charge in [-0.1, -0.05) is 29.6 Å². The number of sulfonamides is 1. The molecule has 4 rings (SSSR count). The van der Waals surface area contributed by atoms with Crippen LogP contribution >= 0.6 is 23.2 Å². The molecule has 0 unspecified atom stereocenters. The Morgan fingerprint density at radius 2 is 1.83 bits per heavy atom. The van der Waals surface area contributed by atoms with Gasteiger partial charge in [0, 0.05) is 31.0 Å². The highest BCUT2D eigenvalue weighted by atomic mass is 35.5. The fourth-order valence-corrected chi connectivity index (χ4v) is 5.65. The van der Waals surface area contributed by atoms with Crippen LogP contribution in [-0.4, -0.2) is 41.1 Å². The van der Waals surface area contributed by atoms with E-state index in [4.69, 9.17) is 23.2 Å². The van der Waals surface area contributed by atoms with Crippen molar-refractivity contribution in [2.24, 2.45) is 0 Å². The molecule has 2 aromatic heterocycles. The van der Waals surface area contributed by atoms with Gasteiger partial charge in [-0.2, -0.15) is 4.31 Å². The molecule has 10 heteroatoms. The second-order valence-corrected chi connectivity index (χ2v) is 9.89. The molecule has 3 heterocycles. The van der Waals surface area contributed by atoms with Crippen molar-refractivity contribution in [2.75, 3.05) is 13.1 Å². The maximum atomic E-state index is 13.0. The van der Waals surface area contributed by atoms with Crippen molar-refractivity contribution in [3.05, 3.63) is 64.0 Å². The van der Waals surface area contributed by atoms with Crippen LogP contribution in [0.3, 0.4) is 0 Å². The highest BCUT2D eigenvalue weighted by Crippen LogP contribution is 2.28. The molecule has 1 fully saturated rings. The van der Waals surface area contributed by atoms with E-state index >= 15 is 0 Å². The molecule has 0 radical (unpaired) electrons. The quantitative estimate of drug-likeness (QED) is 0.620. The molecule has 1 aromatic carbocycles. The first-order valence-electron chi connectivity index (χ1n) is 9.55. The van der Waals surface area contributed by atoms with Crippen LogP contribution in [0.25, 0.3) is 5.65 Å². The lowest BCUT2D eigenvalue weighted by molar-refractivity contribution is 0.0950. The van der Waals surface area contributed by atoms with E-state index in [1.807, 2.05) is 0 Å². The summed E-state index contributed by atoms with van der Waals surface area (Å²) in [5.41, 5.74) is 1.59. The average molecular weight is 467 g/mol. The third-order valence-corrected chi connectivity index (χ3v) is 7.62. The number of benzene rings is 1. The molecule has 3 aromatic rings. The molecular weight excluding hydrogens is 447 g/mol. The molecule has 0 saturated carbocycles. The molecule has 7 nitrogen and oxygen atoms in total. The summed E-state index contributed by atoms with van der Waals surface area (Å²) in [5, 5.41) is 3.46. The van der Waals surface area contributed by atoms with E-state index in [1.54, 1.807) is 28.9 Å². The van der Waals surface area contributed by atoms with Crippen molar-refractivity contribution >= 4 is 44.8 Å². The number of carbonyl (C=O) groups is 1. The van der Waals surface area contributed by atoms with Crippen LogP contribution in [0.15, 0.2) is 47.6 Å². The lowest BCUT2D eigenvalue weighted by Gasteiger charge is -2.26. The maximum absolute atomic E-state index is 13.0. The fraction of sp³-hybridized carbons (Fsp3) is 0.300. The van der Waals surface area contributed by atoms with Crippen molar-refractivity contribution in [3.63, 3.8) is 0 Å². The molecule has 0 bridgehead atoms. The monoisotopic (exact) mass is 466 g/mol. The molecule has 0 aliphatic carbocycles. The number of imidazole rings is 1. The largest absolute Gasteiger partial charge is 0.346 e. The number of halogens is 2. The molecule has 1 N–H and O–H groups in total. The maximum Gasteiger partial charge on any atom is 0.251 e.